The molecule has 7 nitrogen and oxygen atoms in total. The van der Waals surface area contributed by atoms with E-state index in [0.717, 1.165) is 35.8 Å². The Morgan fingerprint density at radius 1 is 1.04 bits per heavy atom. The Labute approximate surface area is 165 Å². The Kier molecular flexibility index (Phi) is 4.66. The first kappa shape index (κ1) is 18.3. The molecule has 1 aromatic carbocycles. The first-order chi connectivity index (χ1) is 13.4. The number of piperazine rings is 1. The van der Waals surface area contributed by atoms with Gasteiger partial charge in [-0.3, -0.25) is 0 Å². The largest absolute Gasteiger partial charge is 0.352 e. The highest BCUT2D eigenvalue weighted by atomic mass is 16.2. The number of urea groups is 1. The van der Waals surface area contributed by atoms with Gasteiger partial charge in [-0.15, -0.1) is 5.10 Å². The number of para-hydroxylation sites is 1. The Hall–Kier alpha value is -3.09. The van der Waals surface area contributed by atoms with E-state index >= 15 is 0 Å². The van der Waals surface area contributed by atoms with E-state index in [9.17, 15) is 4.79 Å². The van der Waals surface area contributed by atoms with Gasteiger partial charge < -0.3 is 15.1 Å². The van der Waals surface area contributed by atoms with Gasteiger partial charge in [0.15, 0.2) is 5.65 Å². The molecule has 0 unspecified atom stereocenters. The molecule has 0 bridgehead atoms. The van der Waals surface area contributed by atoms with Crippen molar-refractivity contribution in [2.45, 2.75) is 26.2 Å². The van der Waals surface area contributed by atoms with Gasteiger partial charge in [0.2, 0.25) is 0 Å². The highest BCUT2D eigenvalue weighted by molar-refractivity contribution is 5.90. The molecule has 2 aromatic heterocycles. The number of fused-ring (bicyclic) bond motifs is 1. The summed E-state index contributed by atoms with van der Waals surface area (Å²) in [6, 6.07) is 11.9. The van der Waals surface area contributed by atoms with Crippen molar-refractivity contribution in [3.63, 3.8) is 0 Å². The minimum absolute atomic E-state index is 0.0276. The van der Waals surface area contributed by atoms with Crippen molar-refractivity contribution in [1.29, 1.82) is 0 Å². The van der Waals surface area contributed by atoms with E-state index in [1.165, 1.54) is 0 Å². The molecule has 0 radical (unpaired) electrons. The van der Waals surface area contributed by atoms with Gasteiger partial charge in [-0.25, -0.2) is 14.3 Å². The molecule has 1 N–H and O–H groups in total. The number of anilines is 2. The van der Waals surface area contributed by atoms with Crippen LogP contribution in [0.5, 0.6) is 0 Å². The highest BCUT2D eigenvalue weighted by Crippen LogP contribution is 2.29. The lowest BCUT2D eigenvalue weighted by Crippen LogP contribution is -2.50. The number of hydrogen-bond acceptors (Lipinski definition) is 4. The summed E-state index contributed by atoms with van der Waals surface area (Å²) in [5.74, 6) is 0.906. The molecule has 3 aromatic rings. The Morgan fingerprint density at radius 2 is 1.79 bits per heavy atom. The Morgan fingerprint density at radius 3 is 2.54 bits per heavy atom. The molecule has 0 spiro atoms. The summed E-state index contributed by atoms with van der Waals surface area (Å²) in [5, 5.41) is 7.70. The summed E-state index contributed by atoms with van der Waals surface area (Å²) < 4.78 is 1.78. The summed E-state index contributed by atoms with van der Waals surface area (Å²) in [5.41, 5.74) is 2.83. The molecule has 0 aliphatic carbocycles. The van der Waals surface area contributed by atoms with E-state index in [1.54, 1.807) is 10.7 Å². The molecule has 28 heavy (non-hydrogen) atoms. The molecular weight excluding hydrogens is 352 g/mol. The third-order valence-electron chi connectivity index (χ3n) is 5.11. The maximum atomic E-state index is 12.8. The van der Waals surface area contributed by atoms with Gasteiger partial charge in [-0.05, 0) is 29.2 Å². The fraction of sp³-hybridized carbons (Fsp3) is 0.381. The standard InChI is InChI=1S/C21H26N6O/c1-21(2,3)16-6-4-5-7-17(16)23-20(28)26-14-12-25(13-15-26)19-9-8-18-22-10-11-27(18)24-19/h4-11H,12-15H2,1-3H3,(H,23,28). The van der Waals surface area contributed by atoms with Gasteiger partial charge in [-0.2, -0.15) is 0 Å². The van der Waals surface area contributed by atoms with Gasteiger partial charge in [0.25, 0.3) is 0 Å². The first-order valence-electron chi connectivity index (χ1n) is 9.62. The number of nitrogens with one attached hydrogen (secondary N) is 1. The number of rotatable bonds is 2. The minimum Gasteiger partial charge on any atom is -0.352 e. The van der Waals surface area contributed by atoms with Gasteiger partial charge in [0.05, 0.1) is 0 Å². The van der Waals surface area contributed by atoms with E-state index in [-0.39, 0.29) is 11.4 Å². The smallest absolute Gasteiger partial charge is 0.321 e. The summed E-state index contributed by atoms with van der Waals surface area (Å²) in [6.45, 7) is 9.28. The maximum absolute atomic E-state index is 12.8. The Bertz CT molecular complexity index is 982. The average molecular weight is 378 g/mol. The zero-order chi connectivity index (χ0) is 19.7. The predicted molar refractivity (Wildman–Crippen MR) is 111 cm³/mol. The normalized spacial score (nSPS) is 15.1. The van der Waals surface area contributed by atoms with Crippen LogP contribution in [0.4, 0.5) is 16.3 Å². The van der Waals surface area contributed by atoms with Crippen LogP contribution in [-0.4, -0.2) is 51.7 Å². The second-order valence-electron chi connectivity index (χ2n) is 8.12. The van der Waals surface area contributed by atoms with Crippen molar-refractivity contribution in [1.82, 2.24) is 19.5 Å². The summed E-state index contributed by atoms with van der Waals surface area (Å²) in [6.07, 6.45) is 3.58. The van der Waals surface area contributed by atoms with Crippen molar-refractivity contribution in [2.24, 2.45) is 0 Å². The second kappa shape index (κ2) is 7.14. The molecule has 1 fully saturated rings. The van der Waals surface area contributed by atoms with Crippen molar-refractivity contribution < 1.29 is 4.79 Å². The van der Waals surface area contributed by atoms with Gasteiger partial charge in [0.1, 0.15) is 5.82 Å². The molecule has 1 aliphatic rings. The summed E-state index contributed by atoms with van der Waals surface area (Å²) >= 11 is 0. The number of carbonyl (C=O) groups excluding carboxylic acids is 1. The first-order valence-corrected chi connectivity index (χ1v) is 9.62. The topological polar surface area (TPSA) is 65.8 Å². The van der Waals surface area contributed by atoms with Crippen LogP contribution in [0.3, 0.4) is 0 Å². The molecule has 2 amide bonds. The number of aromatic nitrogens is 3. The summed E-state index contributed by atoms with van der Waals surface area (Å²) in [4.78, 5) is 21.1. The minimum atomic E-state index is -0.0469. The van der Waals surface area contributed by atoms with Crippen molar-refractivity contribution in [3.8, 4) is 0 Å². The van der Waals surface area contributed by atoms with E-state index in [0.29, 0.717) is 13.1 Å². The second-order valence-corrected chi connectivity index (χ2v) is 8.12. The number of imidazole rings is 1. The Balaban J connectivity index is 1.40. The molecule has 4 rings (SSSR count). The predicted octanol–water partition coefficient (Wildman–Crippen LogP) is 3.38. The van der Waals surface area contributed by atoms with Crippen molar-refractivity contribution >= 4 is 23.2 Å². The molecule has 1 saturated heterocycles. The SMILES string of the molecule is CC(C)(C)c1ccccc1NC(=O)N1CCN(c2ccc3nccn3n2)CC1. The van der Waals surface area contributed by atoms with E-state index in [2.05, 4.69) is 47.1 Å². The average Bonchev–Trinajstić information content (AvgIpc) is 3.15. The lowest BCUT2D eigenvalue weighted by molar-refractivity contribution is 0.208. The van der Waals surface area contributed by atoms with Crippen LogP contribution in [-0.2, 0) is 5.41 Å². The lowest BCUT2D eigenvalue weighted by atomic mass is 9.86. The van der Waals surface area contributed by atoms with E-state index < -0.39 is 0 Å². The van der Waals surface area contributed by atoms with Crippen LogP contribution in [0.1, 0.15) is 26.3 Å². The van der Waals surface area contributed by atoms with Gasteiger partial charge in [0, 0.05) is 44.3 Å². The summed E-state index contributed by atoms with van der Waals surface area (Å²) in [7, 11) is 0. The zero-order valence-corrected chi connectivity index (χ0v) is 16.6. The quantitative estimate of drug-likeness (QED) is 0.742. The molecule has 0 saturated carbocycles. The maximum Gasteiger partial charge on any atom is 0.321 e. The number of benzene rings is 1. The number of nitrogens with zero attached hydrogens (tertiary/aromatic N) is 5. The third kappa shape index (κ3) is 3.65. The van der Waals surface area contributed by atoms with E-state index in [1.807, 2.05) is 41.4 Å². The number of carbonyl (C=O) groups is 1. The van der Waals surface area contributed by atoms with Crippen LogP contribution in [0.15, 0.2) is 48.8 Å². The zero-order valence-electron chi connectivity index (χ0n) is 16.6. The van der Waals surface area contributed by atoms with Crippen LogP contribution in [0, 0.1) is 0 Å². The van der Waals surface area contributed by atoms with Crippen molar-refractivity contribution in [2.75, 3.05) is 36.4 Å². The monoisotopic (exact) mass is 378 g/mol. The molecule has 1 aliphatic heterocycles. The fourth-order valence-corrected chi connectivity index (χ4v) is 3.55. The van der Waals surface area contributed by atoms with Crippen LogP contribution in [0.2, 0.25) is 0 Å². The van der Waals surface area contributed by atoms with E-state index in [4.69, 9.17) is 0 Å². The van der Waals surface area contributed by atoms with Crippen LogP contribution >= 0.6 is 0 Å². The van der Waals surface area contributed by atoms with Crippen LogP contribution < -0.4 is 10.2 Å². The number of amides is 2. The number of hydrogen-bond donors (Lipinski definition) is 1. The molecule has 7 heteroatoms. The molecular formula is C21H26N6O. The molecule has 0 atom stereocenters. The lowest BCUT2D eigenvalue weighted by Gasteiger charge is -2.35. The highest BCUT2D eigenvalue weighted by Gasteiger charge is 2.24. The fourth-order valence-electron chi connectivity index (χ4n) is 3.55. The van der Waals surface area contributed by atoms with Crippen LogP contribution in [0.25, 0.3) is 5.65 Å². The molecule has 3 heterocycles. The van der Waals surface area contributed by atoms with Crippen molar-refractivity contribution in [3.05, 3.63) is 54.4 Å². The third-order valence-corrected chi connectivity index (χ3v) is 5.11. The van der Waals surface area contributed by atoms with Gasteiger partial charge in [-0.1, -0.05) is 39.0 Å². The van der Waals surface area contributed by atoms with Gasteiger partial charge >= 0.3 is 6.03 Å². The molecule has 146 valence electrons.